The van der Waals surface area contributed by atoms with Crippen LogP contribution in [0.3, 0.4) is 0 Å². The number of ether oxygens (including phenoxy) is 1. The third-order valence-electron chi connectivity index (χ3n) is 4.39. The van der Waals surface area contributed by atoms with Gasteiger partial charge in [-0.15, -0.1) is 0 Å². The van der Waals surface area contributed by atoms with E-state index in [0.29, 0.717) is 26.5 Å². The molecular formula is C23H17Cl4N3O3. The third kappa shape index (κ3) is 7.11. The molecule has 0 aliphatic rings. The van der Waals surface area contributed by atoms with Gasteiger partial charge in [0.1, 0.15) is 12.4 Å². The fourth-order valence-electron chi connectivity index (χ4n) is 2.61. The van der Waals surface area contributed by atoms with Crippen LogP contribution in [0.5, 0.6) is 5.75 Å². The smallest absolute Gasteiger partial charge is 0.329 e. The summed E-state index contributed by atoms with van der Waals surface area (Å²) in [7, 11) is 0. The molecule has 3 rings (SSSR count). The van der Waals surface area contributed by atoms with Crippen LogP contribution in [0.1, 0.15) is 18.1 Å². The van der Waals surface area contributed by atoms with Gasteiger partial charge in [-0.1, -0.05) is 52.5 Å². The zero-order valence-corrected chi connectivity index (χ0v) is 20.2. The van der Waals surface area contributed by atoms with Crippen molar-refractivity contribution in [3.8, 4) is 5.75 Å². The van der Waals surface area contributed by atoms with Crippen LogP contribution in [0.15, 0.2) is 65.8 Å². The number of hydrogen-bond donors (Lipinski definition) is 2. The van der Waals surface area contributed by atoms with Gasteiger partial charge in [0.05, 0.1) is 16.4 Å². The van der Waals surface area contributed by atoms with E-state index < -0.39 is 11.8 Å². The molecule has 10 heteroatoms. The van der Waals surface area contributed by atoms with E-state index in [1.807, 2.05) is 0 Å². The van der Waals surface area contributed by atoms with Crippen molar-refractivity contribution in [3.63, 3.8) is 0 Å². The number of hydrogen-bond acceptors (Lipinski definition) is 4. The molecule has 0 saturated heterocycles. The van der Waals surface area contributed by atoms with Gasteiger partial charge in [-0.05, 0) is 67.1 Å². The summed E-state index contributed by atoms with van der Waals surface area (Å²) in [4.78, 5) is 24.1. The molecule has 0 unspecified atom stereocenters. The zero-order chi connectivity index (χ0) is 24.0. The lowest BCUT2D eigenvalue weighted by atomic mass is 10.1. The van der Waals surface area contributed by atoms with E-state index in [2.05, 4.69) is 15.8 Å². The summed E-state index contributed by atoms with van der Waals surface area (Å²) >= 11 is 23.9. The molecule has 0 aromatic heterocycles. The number of nitrogens with one attached hydrogen (secondary N) is 2. The first-order valence-corrected chi connectivity index (χ1v) is 11.0. The van der Waals surface area contributed by atoms with E-state index in [0.717, 1.165) is 11.1 Å². The lowest BCUT2D eigenvalue weighted by molar-refractivity contribution is -0.136. The summed E-state index contributed by atoms with van der Waals surface area (Å²) in [6.45, 7) is 1.97. The molecular weight excluding hydrogens is 508 g/mol. The summed E-state index contributed by atoms with van der Waals surface area (Å²) in [6, 6.07) is 16.8. The van der Waals surface area contributed by atoms with Crippen molar-refractivity contribution in [3.05, 3.63) is 91.9 Å². The number of carbonyl (C=O) groups excluding carboxylic acids is 2. The average molecular weight is 525 g/mol. The van der Waals surface area contributed by atoms with Gasteiger partial charge in [-0.2, -0.15) is 5.10 Å². The SMILES string of the molecule is C/C(=N\NC(=O)C(=O)Nc1cc(Cl)ccc1Cl)c1ccc(OCc2ccc(Cl)cc2Cl)cc1. The fourth-order valence-corrected chi connectivity index (χ4v) is 3.41. The first-order valence-electron chi connectivity index (χ1n) is 9.51. The highest BCUT2D eigenvalue weighted by Crippen LogP contribution is 2.25. The first kappa shape index (κ1) is 24.9. The zero-order valence-electron chi connectivity index (χ0n) is 17.2. The maximum atomic E-state index is 12.1. The predicted octanol–water partition coefficient (Wildman–Crippen LogP) is 6.36. The number of anilines is 1. The highest BCUT2D eigenvalue weighted by Gasteiger charge is 2.15. The second kappa shape index (κ2) is 11.4. The van der Waals surface area contributed by atoms with E-state index in [9.17, 15) is 9.59 Å². The quantitative estimate of drug-likeness (QED) is 0.224. The summed E-state index contributed by atoms with van der Waals surface area (Å²) in [6.07, 6.45) is 0. The van der Waals surface area contributed by atoms with Gasteiger partial charge in [0, 0.05) is 20.6 Å². The highest BCUT2D eigenvalue weighted by molar-refractivity contribution is 6.42. The van der Waals surface area contributed by atoms with E-state index in [-0.39, 0.29) is 17.3 Å². The molecule has 2 N–H and O–H groups in total. The molecule has 33 heavy (non-hydrogen) atoms. The minimum Gasteiger partial charge on any atom is -0.489 e. The van der Waals surface area contributed by atoms with E-state index in [4.69, 9.17) is 51.1 Å². The Hall–Kier alpha value is -2.77. The van der Waals surface area contributed by atoms with Crippen molar-refractivity contribution in [1.29, 1.82) is 0 Å². The molecule has 2 amide bonds. The van der Waals surface area contributed by atoms with Gasteiger partial charge in [0.25, 0.3) is 0 Å². The van der Waals surface area contributed by atoms with E-state index in [1.165, 1.54) is 12.1 Å². The number of benzene rings is 3. The minimum absolute atomic E-state index is 0.223. The van der Waals surface area contributed by atoms with Crippen LogP contribution in [0.25, 0.3) is 0 Å². The average Bonchev–Trinajstić information content (AvgIpc) is 2.79. The standard InChI is InChI=1S/C23H17Cl4N3O3/c1-13(29-30-23(32)22(31)28-21-11-17(25)6-9-19(21)26)14-3-7-18(8-4-14)33-12-15-2-5-16(24)10-20(15)27/h2-11H,12H2,1H3,(H,28,31)(H,30,32)/b29-13+. The first-order chi connectivity index (χ1) is 15.7. The Kier molecular flexibility index (Phi) is 8.58. The van der Waals surface area contributed by atoms with Crippen LogP contribution < -0.4 is 15.5 Å². The largest absolute Gasteiger partial charge is 0.489 e. The van der Waals surface area contributed by atoms with Gasteiger partial charge in [0.2, 0.25) is 0 Å². The lowest BCUT2D eigenvalue weighted by Crippen LogP contribution is -2.33. The topological polar surface area (TPSA) is 79.8 Å². The number of amides is 2. The molecule has 6 nitrogen and oxygen atoms in total. The van der Waals surface area contributed by atoms with Crippen molar-refractivity contribution in [1.82, 2.24) is 5.43 Å². The van der Waals surface area contributed by atoms with Gasteiger partial charge < -0.3 is 10.1 Å². The summed E-state index contributed by atoms with van der Waals surface area (Å²) in [5, 5.41) is 8.06. The Morgan fingerprint density at radius 2 is 1.52 bits per heavy atom. The molecule has 3 aromatic rings. The molecule has 0 heterocycles. The monoisotopic (exact) mass is 523 g/mol. The van der Waals surface area contributed by atoms with Crippen LogP contribution in [0.2, 0.25) is 20.1 Å². The maximum Gasteiger partial charge on any atom is 0.329 e. The Morgan fingerprint density at radius 3 is 2.21 bits per heavy atom. The van der Waals surface area contributed by atoms with Crippen LogP contribution in [0, 0.1) is 0 Å². The van der Waals surface area contributed by atoms with Crippen molar-refractivity contribution < 1.29 is 14.3 Å². The number of nitrogens with zero attached hydrogens (tertiary/aromatic N) is 1. The van der Waals surface area contributed by atoms with Gasteiger partial charge in [-0.25, -0.2) is 5.43 Å². The summed E-state index contributed by atoms with van der Waals surface area (Å²) in [5.41, 5.74) is 4.46. The number of carbonyl (C=O) groups is 2. The highest BCUT2D eigenvalue weighted by atomic mass is 35.5. The van der Waals surface area contributed by atoms with Crippen LogP contribution in [-0.4, -0.2) is 17.5 Å². The fraction of sp³-hybridized carbons (Fsp3) is 0.0870. The molecule has 0 spiro atoms. The Balaban J connectivity index is 1.56. The number of hydrazone groups is 1. The second-order valence-electron chi connectivity index (χ2n) is 6.77. The van der Waals surface area contributed by atoms with Gasteiger partial charge >= 0.3 is 11.8 Å². The Morgan fingerprint density at radius 1 is 0.848 bits per heavy atom. The summed E-state index contributed by atoms with van der Waals surface area (Å²) in [5.74, 6) is -1.26. The maximum absolute atomic E-state index is 12.1. The summed E-state index contributed by atoms with van der Waals surface area (Å²) < 4.78 is 5.74. The Labute approximate surface area is 210 Å². The van der Waals surface area contributed by atoms with E-state index >= 15 is 0 Å². The molecule has 0 bridgehead atoms. The lowest BCUT2D eigenvalue weighted by Gasteiger charge is -2.09. The molecule has 0 aliphatic heterocycles. The van der Waals surface area contributed by atoms with Crippen molar-refractivity contribution in [2.45, 2.75) is 13.5 Å². The van der Waals surface area contributed by atoms with E-state index in [1.54, 1.807) is 55.5 Å². The normalized spacial score (nSPS) is 11.1. The minimum atomic E-state index is -0.954. The number of rotatable bonds is 6. The predicted molar refractivity (Wildman–Crippen MR) is 133 cm³/mol. The second-order valence-corrected chi connectivity index (χ2v) is 8.45. The van der Waals surface area contributed by atoms with Gasteiger partial charge in [0.15, 0.2) is 0 Å². The molecule has 3 aromatic carbocycles. The molecule has 0 aliphatic carbocycles. The van der Waals surface area contributed by atoms with Crippen molar-refractivity contribution >= 4 is 69.6 Å². The van der Waals surface area contributed by atoms with Crippen molar-refractivity contribution in [2.24, 2.45) is 5.10 Å². The van der Waals surface area contributed by atoms with Gasteiger partial charge in [-0.3, -0.25) is 9.59 Å². The Bertz CT molecular complexity index is 1210. The molecule has 0 atom stereocenters. The van der Waals surface area contributed by atoms with Crippen LogP contribution >= 0.6 is 46.4 Å². The van der Waals surface area contributed by atoms with Crippen molar-refractivity contribution in [2.75, 3.05) is 5.32 Å². The molecule has 0 saturated carbocycles. The van der Waals surface area contributed by atoms with Crippen LogP contribution in [-0.2, 0) is 16.2 Å². The third-order valence-corrected chi connectivity index (χ3v) is 5.54. The molecule has 0 fully saturated rings. The number of halogens is 4. The van der Waals surface area contributed by atoms with Crippen LogP contribution in [0.4, 0.5) is 5.69 Å². The molecule has 0 radical (unpaired) electrons. The molecule has 170 valence electrons.